The second-order valence-corrected chi connectivity index (χ2v) is 5.55. The van der Waals surface area contributed by atoms with Crippen LogP contribution in [0.5, 0.6) is 11.5 Å². The third-order valence-electron chi connectivity index (χ3n) is 2.96. The Balaban J connectivity index is 2.93. The van der Waals surface area contributed by atoms with E-state index in [-0.39, 0.29) is 0 Å². The summed E-state index contributed by atoms with van der Waals surface area (Å²) < 4.78 is 12.6. The van der Waals surface area contributed by atoms with Crippen LogP contribution in [0.25, 0.3) is 0 Å². The molecule has 1 atom stereocenters. The van der Waals surface area contributed by atoms with Gasteiger partial charge in [-0.3, -0.25) is 0 Å². The Kier molecular flexibility index (Phi) is 7.24. The van der Waals surface area contributed by atoms with E-state index >= 15 is 0 Å². The third kappa shape index (κ3) is 5.03. The summed E-state index contributed by atoms with van der Waals surface area (Å²) in [5.74, 6) is 2.16. The van der Waals surface area contributed by atoms with Gasteiger partial charge in [0, 0.05) is 6.54 Å². The average Bonchev–Trinajstić information content (AvgIpc) is 2.38. The fraction of sp³-hybridized carbons (Fsp3) is 0.600. The second kappa shape index (κ2) is 8.43. The normalized spacial score (nSPS) is 12.3. The Bertz CT molecular complexity index is 396. The van der Waals surface area contributed by atoms with E-state index in [2.05, 4.69) is 41.2 Å². The van der Waals surface area contributed by atoms with Crippen LogP contribution in [0.15, 0.2) is 16.6 Å². The van der Waals surface area contributed by atoms with Gasteiger partial charge in [0.25, 0.3) is 0 Å². The second-order valence-electron chi connectivity index (χ2n) is 4.69. The molecule has 3 nitrogen and oxygen atoms in total. The highest BCUT2D eigenvalue weighted by Crippen LogP contribution is 2.37. The summed E-state index contributed by atoms with van der Waals surface area (Å²) >= 11 is 3.58. The van der Waals surface area contributed by atoms with Crippen LogP contribution in [-0.4, -0.2) is 20.3 Å². The summed E-state index contributed by atoms with van der Waals surface area (Å²) in [7, 11) is 1.93. The monoisotopic (exact) mass is 329 g/mol. The van der Waals surface area contributed by atoms with Crippen molar-refractivity contribution >= 4 is 15.9 Å². The predicted molar refractivity (Wildman–Crippen MR) is 83.0 cm³/mol. The van der Waals surface area contributed by atoms with Crippen molar-refractivity contribution in [3.05, 3.63) is 22.2 Å². The van der Waals surface area contributed by atoms with Crippen LogP contribution in [0.2, 0.25) is 0 Å². The van der Waals surface area contributed by atoms with Crippen LogP contribution >= 0.6 is 15.9 Å². The zero-order valence-electron chi connectivity index (χ0n) is 12.3. The fourth-order valence-corrected chi connectivity index (χ4v) is 2.28. The number of ether oxygens (including phenoxy) is 2. The van der Waals surface area contributed by atoms with E-state index < -0.39 is 0 Å². The predicted octanol–water partition coefficient (Wildman–Crippen LogP) is 3.99. The molecule has 4 heteroatoms. The van der Waals surface area contributed by atoms with E-state index in [0.29, 0.717) is 19.1 Å². The smallest absolute Gasteiger partial charge is 0.175 e. The molecule has 0 aliphatic heterocycles. The number of halogens is 1. The van der Waals surface area contributed by atoms with Crippen LogP contribution < -0.4 is 14.8 Å². The van der Waals surface area contributed by atoms with Crippen molar-refractivity contribution in [2.75, 3.05) is 20.3 Å². The van der Waals surface area contributed by atoms with Gasteiger partial charge in [-0.1, -0.05) is 20.3 Å². The number of rotatable bonds is 8. The molecule has 108 valence electrons. The van der Waals surface area contributed by atoms with Gasteiger partial charge in [0.15, 0.2) is 11.5 Å². The zero-order chi connectivity index (χ0) is 14.3. The van der Waals surface area contributed by atoms with Gasteiger partial charge in [-0.25, -0.2) is 0 Å². The molecule has 1 aromatic carbocycles. The summed E-state index contributed by atoms with van der Waals surface area (Å²) in [6.07, 6.45) is 1.11. The molecule has 1 aromatic rings. The summed E-state index contributed by atoms with van der Waals surface area (Å²) in [5, 5.41) is 3.14. The van der Waals surface area contributed by atoms with E-state index in [1.165, 1.54) is 5.56 Å². The van der Waals surface area contributed by atoms with Crippen molar-refractivity contribution in [3.63, 3.8) is 0 Å². The Morgan fingerprint density at radius 2 is 2.00 bits per heavy atom. The molecule has 0 spiro atoms. The average molecular weight is 330 g/mol. The van der Waals surface area contributed by atoms with Gasteiger partial charge in [-0.05, 0) is 53.5 Å². The Hall–Kier alpha value is -0.740. The maximum atomic E-state index is 5.91. The minimum atomic E-state index is 0.540. The highest BCUT2D eigenvalue weighted by atomic mass is 79.9. The maximum absolute atomic E-state index is 5.91. The molecule has 0 saturated carbocycles. The first-order valence-electron chi connectivity index (χ1n) is 6.84. The van der Waals surface area contributed by atoms with Crippen molar-refractivity contribution in [2.45, 2.75) is 33.7 Å². The molecule has 0 amide bonds. The van der Waals surface area contributed by atoms with Crippen LogP contribution in [0.4, 0.5) is 0 Å². The molecule has 0 aliphatic rings. The van der Waals surface area contributed by atoms with E-state index in [0.717, 1.165) is 28.9 Å². The maximum Gasteiger partial charge on any atom is 0.175 e. The third-order valence-corrected chi connectivity index (χ3v) is 3.55. The Morgan fingerprint density at radius 3 is 2.58 bits per heavy atom. The summed E-state index contributed by atoms with van der Waals surface area (Å²) in [6.45, 7) is 8.49. The fourth-order valence-electron chi connectivity index (χ4n) is 1.67. The summed E-state index contributed by atoms with van der Waals surface area (Å²) in [5.41, 5.74) is 1.17. The number of nitrogens with one attached hydrogen (secondary N) is 1. The van der Waals surface area contributed by atoms with E-state index in [1.54, 1.807) is 0 Å². The first-order valence-corrected chi connectivity index (χ1v) is 7.64. The van der Waals surface area contributed by atoms with Gasteiger partial charge < -0.3 is 14.8 Å². The molecule has 0 fully saturated rings. The zero-order valence-corrected chi connectivity index (χ0v) is 13.8. The van der Waals surface area contributed by atoms with Crippen molar-refractivity contribution in [3.8, 4) is 11.5 Å². The van der Waals surface area contributed by atoms with Crippen LogP contribution in [-0.2, 0) is 6.54 Å². The largest absolute Gasteiger partial charge is 0.490 e. The first kappa shape index (κ1) is 16.3. The standard InChI is InChI=1S/C15H24BrNO2/c1-5-11(3)10-19-15-13(16)7-12(9-17-4)8-14(15)18-6-2/h7-8,11,17H,5-6,9-10H2,1-4H3. The molecule has 0 aliphatic carbocycles. The van der Waals surface area contributed by atoms with Gasteiger partial charge >= 0.3 is 0 Å². The van der Waals surface area contributed by atoms with Crippen molar-refractivity contribution in [2.24, 2.45) is 5.92 Å². The summed E-state index contributed by atoms with van der Waals surface area (Å²) in [6, 6.07) is 4.11. The van der Waals surface area contributed by atoms with Crippen LogP contribution in [0.1, 0.15) is 32.8 Å². The van der Waals surface area contributed by atoms with Crippen molar-refractivity contribution in [1.29, 1.82) is 0 Å². The van der Waals surface area contributed by atoms with Gasteiger partial charge in [0.1, 0.15) is 0 Å². The van der Waals surface area contributed by atoms with Crippen LogP contribution in [0, 0.1) is 5.92 Å². The van der Waals surface area contributed by atoms with Gasteiger partial charge in [0.05, 0.1) is 17.7 Å². The number of hydrogen-bond donors (Lipinski definition) is 1. The Morgan fingerprint density at radius 1 is 1.26 bits per heavy atom. The lowest BCUT2D eigenvalue weighted by Gasteiger charge is -2.17. The molecule has 0 saturated heterocycles. The summed E-state index contributed by atoms with van der Waals surface area (Å²) in [4.78, 5) is 0. The molecule has 0 heterocycles. The lowest BCUT2D eigenvalue weighted by molar-refractivity contribution is 0.236. The number of hydrogen-bond acceptors (Lipinski definition) is 3. The molecule has 0 bridgehead atoms. The van der Waals surface area contributed by atoms with E-state index in [9.17, 15) is 0 Å². The minimum absolute atomic E-state index is 0.540. The Labute approximate surface area is 124 Å². The van der Waals surface area contributed by atoms with Gasteiger partial charge in [-0.2, -0.15) is 0 Å². The van der Waals surface area contributed by atoms with Crippen molar-refractivity contribution in [1.82, 2.24) is 5.32 Å². The number of benzene rings is 1. The molecular formula is C15H24BrNO2. The minimum Gasteiger partial charge on any atom is -0.490 e. The van der Waals surface area contributed by atoms with Crippen molar-refractivity contribution < 1.29 is 9.47 Å². The topological polar surface area (TPSA) is 30.5 Å². The first-order chi connectivity index (χ1) is 9.12. The molecule has 19 heavy (non-hydrogen) atoms. The SMILES string of the molecule is CCOc1cc(CNC)cc(Br)c1OCC(C)CC. The highest BCUT2D eigenvalue weighted by molar-refractivity contribution is 9.10. The molecule has 1 rings (SSSR count). The van der Waals surface area contributed by atoms with Crippen LogP contribution in [0.3, 0.4) is 0 Å². The van der Waals surface area contributed by atoms with E-state index in [1.807, 2.05) is 20.0 Å². The lowest BCUT2D eigenvalue weighted by Crippen LogP contribution is -2.10. The molecular weight excluding hydrogens is 306 g/mol. The molecule has 0 radical (unpaired) electrons. The lowest BCUT2D eigenvalue weighted by atomic mass is 10.1. The molecule has 1 unspecified atom stereocenters. The van der Waals surface area contributed by atoms with Gasteiger partial charge in [-0.15, -0.1) is 0 Å². The molecule has 1 N–H and O–H groups in total. The highest BCUT2D eigenvalue weighted by Gasteiger charge is 2.13. The quantitative estimate of drug-likeness (QED) is 0.782. The van der Waals surface area contributed by atoms with Gasteiger partial charge in [0.2, 0.25) is 0 Å². The molecule has 0 aromatic heterocycles. The van der Waals surface area contributed by atoms with E-state index in [4.69, 9.17) is 9.47 Å².